The van der Waals surface area contributed by atoms with E-state index in [1.807, 2.05) is 15.9 Å². The van der Waals surface area contributed by atoms with Crippen molar-refractivity contribution in [3.63, 3.8) is 0 Å². The van der Waals surface area contributed by atoms with E-state index in [9.17, 15) is 78.6 Å². The van der Waals surface area contributed by atoms with Gasteiger partial charge in [0.05, 0.1) is 29.2 Å². The van der Waals surface area contributed by atoms with Crippen molar-refractivity contribution in [3.8, 4) is 23.0 Å². The van der Waals surface area contributed by atoms with E-state index in [0.717, 1.165) is 168 Å². The summed E-state index contributed by atoms with van der Waals surface area (Å²) in [6.07, 6.45) is 45.1. The monoisotopic (exact) mass is 1540 g/mol. The Morgan fingerprint density at radius 3 is 1.02 bits per heavy atom. The molecule has 8 heterocycles. The number of phenolic OH excluding ortho intramolecular Hbond substituents is 3. The summed E-state index contributed by atoms with van der Waals surface area (Å²) >= 11 is 1.48. The van der Waals surface area contributed by atoms with Crippen LogP contribution in [0.2, 0.25) is 0 Å². The van der Waals surface area contributed by atoms with Gasteiger partial charge in [0.2, 0.25) is 35.4 Å². The van der Waals surface area contributed by atoms with Crippen LogP contribution in [0.1, 0.15) is 174 Å². The van der Waals surface area contributed by atoms with Crippen LogP contribution in [0.5, 0.6) is 23.0 Å². The number of aromatic hydroxyl groups is 3. The molecular weight excluding hydrogens is 1450 g/mol. The van der Waals surface area contributed by atoms with E-state index in [4.69, 9.17) is 4.74 Å². The zero-order valence-corrected chi connectivity index (χ0v) is 63.6. The van der Waals surface area contributed by atoms with Gasteiger partial charge in [-0.1, -0.05) is 12.2 Å². The molecule has 6 amide bonds. The Morgan fingerprint density at radius 1 is 0.312 bits per heavy atom. The number of thioether (sulfide) groups is 1. The first-order valence-electron chi connectivity index (χ1n) is 39.5. The van der Waals surface area contributed by atoms with E-state index in [1.165, 1.54) is 115 Å². The first-order valence-corrected chi connectivity index (χ1v) is 40.3. The molecule has 0 bridgehead atoms. The lowest BCUT2D eigenvalue weighted by molar-refractivity contribution is -0.127. The number of amides is 6. The van der Waals surface area contributed by atoms with Crippen molar-refractivity contribution in [1.82, 2.24) is 29.4 Å². The average molecular weight is 1540 g/mol. The second kappa shape index (κ2) is 36.0. The molecule has 3 aromatic carbocycles. The highest BCUT2D eigenvalue weighted by Gasteiger charge is 2.44. The molecule has 0 aromatic heterocycles. The standard InChI is InChI=1S/C30H32N2O6.C29H32N2O6.C29H32N2O5S/c33-25-17-23-21(15-19(25)7-9-27(35)31-11-3-1-4-12-31)29(37)22-16-20(26(34)18-24(22)30(23)38)8-10-28(36)32-13-5-2-6-14-32;2*32-23-17-21-25(15-19(23)7-9-27(34)30-11-3-1-4-12-30)37-26-16-20(24(33)18-22(26)29(21)36)8-10-28(35)31-13-5-2-6-14-31/h7-10,15-18,21,23,33-34H,1-6,11-14H2;2*7-10,15-18,21,25,32-33H,1-6,11-14H2/b3*9-7+,10-8+. The number of hydrogen-bond acceptors (Lipinski definition) is 18. The molecule has 12 aliphatic rings. The van der Waals surface area contributed by atoms with Crippen LogP contribution < -0.4 is 4.74 Å². The predicted molar refractivity (Wildman–Crippen MR) is 423 cm³/mol. The minimum atomic E-state index is -0.897. The van der Waals surface area contributed by atoms with Crippen LogP contribution in [-0.4, -0.2) is 209 Å². The van der Waals surface area contributed by atoms with E-state index < -0.39 is 29.8 Å². The summed E-state index contributed by atoms with van der Waals surface area (Å²) in [5.74, 6) is -5.25. The summed E-state index contributed by atoms with van der Waals surface area (Å²) in [5, 5.41) is 63.1. The van der Waals surface area contributed by atoms with Crippen molar-refractivity contribution in [3.05, 3.63) is 200 Å². The molecule has 6 atom stereocenters. The van der Waals surface area contributed by atoms with Crippen molar-refractivity contribution in [2.45, 2.75) is 132 Å². The summed E-state index contributed by atoms with van der Waals surface area (Å²) in [7, 11) is 0. The van der Waals surface area contributed by atoms with Crippen LogP contribution in [0.3, 0.4) is 0 Å². The smallest absolute Gasteiger partial charge is 0.246 e. The van der Waals surface area contributed by atoms with Crippen molar-refractivity contribution in [2.75, 3.05) is 78.5 Å². The lowest BCUT2D eigenvalue weighted by Gasteiger charge is -2.32. The highest BCUT2D eigenvalue weighted by molar-refractivity contribution is 8.00. The maximum Gasteiger partial charge on any atom is 0.246 e. The fraction of sp³-hybridized carbons (Fsp3) is 0.409. The van der Waals surface area contributed by atoms with Crippen molar-refractivity contribution in [2.24, 2.45) is 23.7 Å². The van der Waals surface area contributed by atoms with E-state index >= 15 is 0 Å². The number of rotatable bonds is 12. The number of allylic oxidation sites excluding steroid dienone is 6. The molecule has 3 aromatic rings. The molecule has 8 aliphatic heterocycles. The van der Waals surface area contributed by atoms with E-state index in [1.54, 1.807) is 56.0 Å². The molecule has 23 nitrogen and oxygen atoms in total. The van der Waals surface area contributed by atoms with E-state index in [2.05, 4.69) is 0 Å². The number of hydrogen-bond donors (Lipinski definition) is 6. The minimum absolute atomic E-state index is 0.0265. The largest absolute Gasteiger partial charge is 0.508 e. The van der Waals surface area contributed by atoms with Gasteiger partial charge >= 0.3 is 0 Å². The Labute approximate surface area is 655 Å². The summed E-state index contributed by atoms with van der Waals surface area (Å²) < 4.78 is 6.10. The molecule has 0 radical (unpaired) electrons. The van der Waals surface area contributed by atoms with Gasteiger partial charge in [0.25, 0.3) is 0 Å². The van der Waals surface area contributed by atoms with Gasteiger partial charge < -0.3 is 64.8 Å². The number of ketones is 4. The fourth-order valence-electron chi connectivity index (χ4n) is 16.2. The molecule has 6 fully saturated rings. The number of piperidine rings is 6. The first kappa shape index (κ1) is 79.1. The minimum Gasteiger partial charge on any atom is -0.508 e. The van der Waals surface area contributed by atoms with Crippen LogP contribution in [-0.2, 0) is 28.8 Å². The number of phenols is 3. The highest BCUT2D eigenvalue weighted by Crippen LogP contribution is 2.47. The number of aliphatic hydroxyl groups is 3. The maximum absolute atomic E-state index is 13.5. The van der Waals surface area contributed by atoms with Gasteiger partial charge in [0.1, 0.15) is 46.4 Å². The molecule has 24 heteroatoms. The van der Waals surface area contributed by atoms with Gasteiger partial charge in [-0.15, -0.1) is 11.8 Å². The second-order valence-electron chi connectivity index (χ2n) is 30.3. The zero-order valence-electron chi connectivity index (χ0n) is 62.8. The van der Waals surface area contributed by atoms with E-state index in [-0.39, 0.29) is 121 Å². The Balaban J connectivity index is 0.000000147. The summed E-state index contributed by atoms with van der Waals surface area (Å²) in [4.78, 5) is 140. The zero-order chi connectivity index (χ0) is 78.7. The molecule has 0 saturated carbocycles. The molecule has 4 aliphatic carbocycles. The third kappa shape index (κ3) is 18.4. The average Bonchev–Trinajstić information content (AvgIpc) is 0.745. The van der Waals surface area contributed by atoms with Gasteiger partial charge in [0, 0.05) is 175 Å². The summed E-state index contributed by atoms with van der Waals surface area (Å²) in [6, 6.07) is 8.80. The molecule has 15 rings (SSSR count). The molecule has 6 saturated heterocycles. The number of aliphatic hydroxyl groups excluding tert-OH is 3. The number of carbonyl (C=O) groups excluding carboxylic acids is 10. The Kier molecular flexibility index (Phi) is 25.4. The van der Waals surface area contributed by atoms with Crippen molar-refractivity contribution < 1.29 is 83.3 Å². The maximum atomic E-state index is 13.5. The molecule has 6 N–H and O–H groups in total. The number of fused-ring (bicyclic) bond motifs is 6. The molecule has 0 spiro atoms. The second-order valence-corrected chi connectivity index (χ2v) is 31.6. The van der Waals surface area contributed by atoms with E-state index in [0.29, 0.717) is 70.2 Å². The molecule has 112 heavy (non-hydrogen) atoms. The quantitative estimate of drug-likeness (QED) is 0.0918. The van der Waals surface area contributed by atoms with Gasteiger partial charge in [-0.25, -0.2) is 0 Å². The number of ether oxygens (including phenoxy) is 1. The topological polar surface area (TPSA) is 321 Å². The fourth-order valence-corrected chi connectivity index (χ4v) is 17.6. The Bertz CT molecular complexity index is 4450. The lowest BCUT2D eigenvalue weighted by atomic mass is 9.70. The van der Waals surface area contributed by atoms with Crippen LogP contribution in [0.15, 0.2) is 166 Å². The van der Waals surface area contributed by atoms with Gasteiger partial charge in [-0.2, -0.15) is 0 Å². The third-order valence-electron chi connectivity index (χ3n) is 22.7. The normalized spacial score (nSPS) is 23.9. The van der Waals surface area contributed by atoms with Crippen LogP contribution in [0.4, 0.5) is 0 Å². The SMILES string of the molecule is O=C1c2cc(O)c(/C=C/C(=O)N3CCCCC3)cc2C(=O)C2C=C(/C=C/C(=O)N3CCCCC3)C(O)=CC12.O=C1c2cc(O)c(/C=C/C(=O)N3CCCCC3)cc2OC2C=C(/C=C/C(=O)N3CCCCC3)C(O)=CC12.O=C1c2cc(O)c(/C=C/C(=O)N3CCCCC3)cc2SC2C=C(/C=C/C(=O)N3CCCCC3)C(O)=CC12. The van der Waals surface area contributed by atoms with Crippen LogP contribution in [0.25, 0.3) is 18.2 Å². The van der Waals surface area contributed by atoms with Gasteiger partial charge in [0.15, 0.2) is 23.1 Å². The Hall–Kier alpha value is -11.0. The molecule has 586 valence electrons. The Morgan fingerprint density at radius 2 is 0.607 bits per heavy atom. The number of Topliss-reactive ketones (excluding diaryl/α,β-unsaturated/α-hetero) is 4. The van der Waals surface area contributed by atoms with Crippen molar-refractivity contribution in [1.29, 1.82) is 0 Å². The lowest BCUT2D eigenvalue weighted by Crippen LogP contribution is -2.37. The van der Waals surface area contributed by atoms with Gasteiger partial charge in [-0.05, 0) is 213 Å². The third-order valence-corrected chi connectivity index (χ3v) is 24.0. The predicted octanol–water partition coefficient (Wildman–Crippen LogP) is 12.5. The molecular formula is C88H96N6O17S. The first-order chi connectivity index (χ1) is 54.1. The molecule has 6 unspecified atom stereocenters. The number of carbonyl (C=O) groups is 10. The van der Waals surface area contributed by atoms with Gasteiger partial charge in [-0.3, -0.25) is 47.9 Å². The van der Waals surface area contributed by atoms with Crippen molar-refractivity contribution >= 4 is 88.6 Å². The number of nitrogens with zero attached hydrogens (tertiary/aromatic N) is 6. The van der Waals surface area contributed by atoms with Crippen LogP contribution in [0, 0.1) is 23.7 Å². The highest BCUT2D eigenvalue weighted by atomic mass is 32.2. The summed E-state index contributed by atoms with van der Waals surface area (Å²) in [5.41, 5.74) is 3.24. The number of likely N-dealkylation sites (tertiary alicyclic amines) is 6. The van der Waals surface area contributed by atoms with Crippen LogP contribution >= 0.6 is 11.8 Å². The number of benzene rings is 3. The summed E-state index contributed by atoms with van der Waals surface area (Å²) in [6.45, 7) is 8.72.